The van der Waals surface area contributed by atoms with E-state index in [1.165, 1.54) is 0 Å². The third kappa shape index (κ3) is 11.2. The molecule has 4 nitrogen and oxygen atoms in total. The van der Waals surface area contributed by atoms with Crippen LogP contribution in [0.15, 0.2) is 24.3 Å². The minimum atomic E-state index is -0.470. The van der Waals surface area contributed by atoms with Gasteiger partial charge in [0.2, 0.25) is 0 Å². The maximum atomic E-state index is 11.9. The molecule has 1 N–H and O–H groups in total. The summed E-state index contributed by atoms with van der Waals surface area (Å²) in [5.41, 5.74) is 1.15. The summed E-state index contributed by atoms with van der Waals surface area (Å²) in [5, 5.41) is 3.33. The predicted octanol–water partition coefficient (Wildman–Crippen LogP) is 4.43. The Kier molecular flexibility index (Phi) is 11.3. The number of hydrogen-bond acceptors (Lipinski definition) is 4. The molecule has 0 radical (unpaired) electrons. The number of carbonyl (C=O) groups excluding carboxylic acids is 1. The molecule has 1 rings (SSSR count). The second kappa shape index (κ2) is 12.0. The van der Waals surface area contributed by atoms with E-state index in [0.29, 0.717) is 24.7 Å². The highest BCUT2D eigenvalue weighted by molar-refractivity contribution is 5.89. The topological polar surface area (TPSA) is 47.6 Å². The van der Waals surface area contributed by atoms with Gasteiger partial charge in [0.15, 0.2) is 0 Å². The summed E-state index contributed by atoms with van der Waals surface area (Å²) in [6.45, 7) is 17.0. The smallest absolute Gasteiger partial charge is 0.338 e. The number of ether oxygens (including phenoxy) is 2. The van der Waals surface area contributed by atoms with Gasteiger partial charge in [-0.05, 0) is 50.9 Å². The molecule has 0 heterocycles. The molecule has 138 valence electrons. The quantitative estimate of drug-likeness (QED) is 0.563. The summed E-state index contributed by atoms with van der Waals surface area (Å²) in [5.74, 6) is 0.359. The second-order valence-corrected chi connectivity index (χ2v) is 6.85. The van der Waals surface area contributed by atoms with E-state index in [-0.39, 0.29) is 5.97 Å². The lowest BCUT2D eigenvalue weighted by atomic mass is 10.1. The number of rotatable bonds is 8. The van der Waals surface area contributed by atoms with Crippen molar-refractivity contribution in [2.75, 3.05) is 19.7 Å². The van der Waals surface area contributed by atoms with E-state index in [1.807, 2.05) is 46.8 Å². The lowest BCUT2D eigenvalue weighted by Gasteiger charge is -2.19. The standard InChI is InChI=1S/C18H29NO3.C2H6/c1-14(2)12-19-10-11-21-13-15-6-8-16(9-7-15)17(20)22-18(3,4)5;1-2/h6-9,14,19H,10-13H2,1-5H3;1-2H3. The first-order valence-corrected chi connectivity index (χ1v) is 8.88. The Morgan fingerprint density at radius 1 is 1.12 bits per heavy atom. The largest absolute Gasteiger partial charge is 0.456 e. The van der Waals surface area contributed by atoms with E-state index in [2.05, 4.69) is 19.2 Å². The van der Waals surface area contributed by atoms with Gasteiger partial charge in [-0.15, -0.1) is 0 Å². The third-order valence-corrected chi connectivity index (χ3v) is 2.83. The molecule has 0 atom stereocenters. The fraction of sp³-hybridized carbons (Fsp3) is 0.650. The molecule has 4 heteroatoms. The number of hydrogen-bond donors (Lipinski definition) is 1. The molecular weight excluding hydrogens is 302 g/mol. The number of nitrogens with one attached hydrogen (secondary N) is 1. The average molecular weight is 338 g/mol. The Balaban J connectivity index is 0.00000254. The maximum Gasteiger partial charge on any atom is 0.338 e. The van der Waals surface area contributed by atoms with Crippen molar-refractivity contribution in [1.82, 2.24) is 5.32 Å². The molecule has 0 spiro atoms. The van der Waals surface area contributed by atoms with Crippen molar-refractivity contribution >= 4 is 5.97 Å². The lowest BCUT2D eigenvalue weighted by Crippen LogP contribution is -2.24. The van der Waals surface area contributed by atoms with Gasteiger partial charge in [0, 0.05) is 6.54 Å². The van der Waals surface area contributed by atoms with Gasteiger partial charge in [-0.1, -0.05) is 39.8 Å². The van der Waals surface area contributed by atoms with Gasteiger partial charge in [-0.3, -0.25) is 0 Å². The van der Waals surface area contributed by atoms with Crippen LogP contribution in [-0.4, -0.2) is 31.3 Å². The van der Waals surface area contributed by atoms with Crippen LogP contribution in [0.3, 0.4) is 0 Å². The molecule has 0 aliphatic heterocycles. The van der Waals surface area contributed by atoms with Gasteiger partial charge in [0.1, 0.15) is 5.60 Å². The van der Waals surface area contributed by atoms with E-state index < -0.39 is 5.60 Å². The van der Waals surface area contributed by atoms with Crippen molar-refractivity contribution in [2.24, 2.45) is 5.92 Å². The molecule has 0 aliphatic carbocycles. The van der Waals surface area contributed by atoms with Crippen LogP contribution in [0.25, 0.3) is 0 Å². The summed E-state index contributed by atoms with van der Waals surface area (Å²) < 4.78 is 10.9. The summed E-state index contributed by atoms with van der Waals surface area (Å²) in [6, 6.07) is 7.37. The van der Waals surface area contributed by atoms with Crippen LogP contribution < -0.4 is 5.32 Å². The first-order chi connectivity index (χ1) is 11.3. The van der Waals surface area contributed by atoms with Crippen LogP contribution in [0.2, 0.25) is 0 Å². The fourth-order valence-corrected chi connectivity index (χ4v) is 1.80. The molecule has 0 fully saturated rings. The third-order valence-electron chi connectivity index (χ3n) is 2.83. The highest BCUT2D eigenvalue weighted by atomic mass is 16.6. The Labute approximate surface area is 147 Å². The van der Waals surface area contributed by atoms with Crippen LogP contribution in [0.1, 0.15) is 64.4 Å². The molecule has 24 heavy (non-hydrogen) atoms. The highest BCUT2D eigenvalue weighted by Crippen LogP contribution is 2.13. The van der Waals surface area contributed by atoms with E-state index in [0.717, 1.165) is 18.7 Å². The van der Waals surface area contributed by atoms with Crippen molar-refractivity contribution in [1.29, 1.82) is 0 Å². The zero-order valence-electron chi connectivity index (χ0n) is 16.4. The summed E-state index contributed by atoms with van der Waals surface area (Å²) in [6.07, 6.45) is 0. The van der Waals surface area contributed by atoms with Crippen molar-refractivity contribution in [3.8, 4) is 0 Å². The van der Waals surface area contributed by atoms with Crippen LogP contribution in [0.4, 0.5) is 0 Å². The number of carbonyl (C=O) groups is 1. The van der Waals surface area contributed by atoms with E-state index in [4.69, 9.17) is 9.47 Å². The fourth-order valence-electron chi connectivity index (χ4n) is 1.80. The van der Waals surface area contributed by atoms with Gasteiger partial charge >= 0.3 is 5.97 Å². The van der Waals surface area contributed by atoms with E-state index >= 15 is 0 Å². The van der Waals surface area contributed by atoms with Crippen LogP contribution >= 0.6 is 0 Å². The first kappa shape index (κ1) is 22.6. The van der Waals surface area contributed by atoms with Gasteiger partial charge in [-0.2, -0.15) is 0 Å². The molecule has 1 aromatic rings. The highest BCUT2D eigenvalue weighted by Gasteiger charge is 2.17. The summed E-state index contributed by atoms with van der Waals surface area (Å²) in [4.78, 5) is 11.9. The Hall–Kier alpha value is -1.39. The van der Waals surface area contributed by atoms with E-state index in [9.17, 15) is 4.79 Å². The molecule has 1 aromatic carbocycles. The normalized spacial score (nSPS) is 11.0. The molecular formula is C20H35NO3. The predicted molar refractivity (Wildman–Crippen MR) is 100 cm³/mol. The van der Waals surface area contributed by atoms with Crippen molar-refractivity contribution in [2.45, 2.75) is 60.7 Å². The Bertz CT molecular complexity index is 447. The van der Waals surface area contributed by atoms with E-state index in [1.54, 1.807) is 12.1 Å². The zero-order valence-corrected chi connectivity index (χ0v) is 16.4. The minimum Gasteiger partial charge on any atom is -0.456 e. The monoisotopic (exact) mass is 337 g/mol. The van der Waals surface area contributed by atoms with Crippen LogP contribution in [0.5, 0.6) is 0 Å². The molecule has 0 saturated heterocycles. The Morgan fingerprint density at radius 2 is 1.71 bits per heavy atom. The first-order valence-electron chi connectivity index (χ1n) is 8.88. The SMILES string of the molecule is CC.CC(C)CNCCOCc1ccc(C(=O)OC(C)(C)C)cc1. The molecule has 0 aliphatic rings. The Morgan fingerprint density at radius 3 is 2.21 bits per heavy atom. The van der Waals surface area contributed by atoms with Crippen molar-refractivity contribution in [3.05, 3.63) is 35.4 Å². The number of esters is 1. The van der Waals surface area contributed by atoms with Crippen molar-refractivity contribution in [3.63, 3.8) is 0 Å². The second-order valence-electron chi connectivity index (χ2n) is 6.85. The van der Waals surface area contributed by atoms with Gasteiger partial charge in [0.05, 0.1) is 18.8 Å². The van der Waals surface area contributed by atoms with Crippen LogP contribution in [0, 0.1) is 5.92 Å². The average Bonchev–Trinajstić information content (AvgIpc) is 2.51. The molecule has 0 aromatic heterocycles. The van der Waals surface area contributed by atoms with Gasteiger partial charge < -0.3 is 14.8 Å². The molecule has 0 bridgehead atoms. The van der Waals surface area contributed by atoms with Crippen LogP contribution in [-0.2, 0) is 16.1 Å². The molecule has 0 unspecified atom stereocenters. The van der Waals surface area contributed by atoms with Crippen molar-refractivity contribution < 1.29 is 14.3 Å². The summed E-state index contributed by atoms with van der Waals surface area (Å²) in [7, 11) is 0. The summed E-state index contributed by atoms with van der Waals surface area (Å²) >= 11 is 0. The lowest BCUT2D eigenvalue weighted by molar-refractivity contribution is 0.00694. The maximum absolute atomic E-state index is 11.9. The minimum absolute atomic E-state index is 0.294. The zero-order chi connectivity index (χ0) is 18.6. The number of benzene rings is 1. The van der Waals surface area contributed by atoms with Gasteiger partial charge in [0.25, 0.3) is 0 Å². The van der Waals surface area contributed by atoms with Gasteiger partial charge in [-0.25, -0.2) is 4.79 Å². The molecule has 0 amide bonds. The molecule has 0 saturated carbocycles.